The van der Waals surface area contributed by atoms with Gasteiger partial charge in [-0.3, -0.25) is 0 Å². The zero-order valence-corrected chi connectivity index (χ0v) is 3.91. The first kappa shape index (κ1) is 3.03. The lowest BCUT2D eigenvalue weighted by Gasteiger charge is -2.08. The van der Waals surface area contributed by atoms with Crippen LogP contribution in [0, 0.1) is 0 Å². The van der Waals surface area contributed by atoms with Crippen molar-refractivity contribution in [2.45, 2.75) is 19.2 Å². The molecule has 0 unspecified atom stereocenters. The minimum atomic E-state index is 0.223. The molecule has 0 radical (unpaired) electrons. The fraction of sp³-hybridized carbons (Fsp3) is 1.00. The Morgan fingerprint density at radius 2 is 2.00 bits per heavy atom. The highest BCUT2D eigenvalue weighted by Crippen LogP contribution is 1.96. The topological polar surface area (TPSA) is 12.0 Å². The molecule has 1 N–H and O–H groups in total. The summed E-state index contributed by atoms with van der Waals surface area (Å²) < 4.78 is 7.23. The van der Waals surface area contributed by atoms with E-state index in [2.05, 4.69) is 5.32 Å². The maximum absolute atomic E-state index is 7.23. The van der Waals surface area contributed by atoms with Crippen LogP contribution in [-0.2, 0) is 0 Å². The Morgan fingerprint density at radius 1 is 1.33 bits per heavy atom. The molecule has 1 heterocycles. The molecular weight excluding hydrogens is 74.1 g/mol. The van der Waals surface area contributed by atoms with E-state index in [1.807, 2.05) is 0 Å². The van der Waals surface area contributed by atoms with Crippen molar-refractivity contribution in [2.24, 2.45) is 0 Å². The van der Waals surface area contributed by atoms with Gasteiger partial charge in [0.25, 0.3) is 0 Å². The van der Waals surface area contributed by atoms with Gasteiger partial charge in [0.1, 0.15) is 0 Å². The molecule has 0 aromatic heterocycles. The average molecular weight is 87.2 g/mol. The van der Waals surface area contributed by atoms with Crippen molar-refractivity contribution in [3.63, 3.8) is 0 Å². The van der Waals surface area contributed by atoms with Crippen LogP contribution in [0.1, 0.15) is 20.6 Å². The summed E-state index contributed by atoms with van der Waals surface area (Å²) in [5, 5.41) is 3.20. The van der Waals surface area contributed by atoms with Crippen molar-refractivity contribution in [1.29, 1.82) is 0 Å². The molecule has 1 aliphatic heterocycles. The lowest BCUT2D eigenvalue weighted by molar-refractivity contribution is 0.520. The van der Waals surface area contributed by atoms with Crippen LogP contribution in [0.3, 0.4) is 0 Å². The van der Waals surface area contributed by atoms with E-state index < -0.39 is 0 Å². The fourth-order valence-electron chi connectivity index (χ4n) is 0.678. The van der Waals surface area contributed by atoms with E-state index in [4.69, 9.17) is 1.37 Å². The van der Waals surface area contributed by atoms with Crippen molar-refractivity contribution in [3.05, 3.63) is 0 Å². The lowest BCUT2D eigenvalue weighted by atomic mass is 10.2. The van der Waals surface area contributed by atoms with Crippen LogP contribution < -0.4 is 5.32 Å². The van der Waals surface area contributed by atoms with E-state index in [0.29, 0.717) is 0 Å². The predicted molar refractivity (Wildman–Crippen MR) is 26.7 cm³/mol. The highest BCUT2D eigenvalue weighted by atomic mass is 14.9. The van der Waals surface area contributed by atoms with Crippen LogP contribution in [0.2, 0.25) is 0 Å². The van der Waals surface area contributed by atoms with Gasteiger partial charge in [-0.2, -0.15) is 0 Å². The summed E-state index contributed by atoms with van der Waals surface area (Å²) in [4.78, 5) is 0. The second-order valence-corrected chi connectivity index (χ2v) is 1.62. The van der Waals surface area contributed by atoms with E-state index in [1.165, 1.54) is 0 Å². The van der Waals surface area contributed by atoms with Crippen LogP contribution in [0.4, 0.5) is 0 Å². The zero-order chi connectivity index (χ0) is 5.11. The largest absolute Gasteiger partial charge is 0.317 e. The predicted octanol–water partition coefficient (Wildman–Crippen LogP) is 0.760. The molecule has 0 atom stereocenters. The number of rotatable bonds is 0. The third-order valence-electron chi connectivity index (χ3n) is 1.05. The Bertz CT molecular complexity index is 50.0. The normalized spacial score (nSPS) is 29.7. The molecule has 0 aliphatic carbocycles. The Labute approximate surface area is 40.1 Å². The van der Waals surface area contributed by atoms with Gasteiger partial charge in [-0.1, -0.05) is 6.40 Å². The second kappa shape index (κ2) is 2.19. The number of nitrogens with one attached hydrogen (secondary N) is 1. The summed E-state index contributed by atoms with van der Waals surface area (Å²) >= 11 is 0. The van der Waals surface area contributed by atoms with Gasteiger partial charge in [0.05, 0.1) is 0 Å². The lowest BCUT2D eigenvalue weighted by Crippen LogP contribution is -2.21. The summed E-state index contributed by atoms with van der Waals surface area (Å²) in [6.07, 6.45) is 2.31. The molecule has 1 rings (SSSR count). The molecule has 1 saturated heterocycles. The van der Waals surface area contributed by atoms with Crippen molar-refractivity contribution in [1.82, 2.24) is 5.32 Å². The third-order valence-corrected chi connectivity index (χ3v) is 1.05. The molecule has 1 nitrogen and oxygen atoms in total. The van der Waals surface area contributed by atoms with E-state index in [1.54, 1.807) is 0 Å². The first-order chi connectivity index (χ1) is 3.39. The van der Waals surface area contributed by atoms with E-state index >= 15 is 0 Å². The summed E-state index contributed by atoms with van der Waals surface area (Å²) in [6, 6.07) is 0. The van der Waals surface area contributed by atoms with Gasteiger partial charge in [-0.05, 0) is 25.9 Å². The molecule has 0 saturated carbocycles. The quantitative estimate of drug-likeness (QED) is 0.460. The van der Waals surface area contributed by atoms with Crippen LogP contribution in [0.25, 0.3) is 0 Å². The summed E-state index contributed by atoms with van der Waals surface area (Å²) in [5.74, 6) is 0. The molecule has 36 valence electrons. The zero-order valence-electron chi connectivity index (χ0n) is 4.91. The van der Waals surface area contributed by atoms with Gasteiger partial charge in [0.2, 0.25) is 0 Å². The first-order valence-corrected chi connectivity index (χ1v) is 2.52. The number of hydrogen-bond acceptors (Lipinski definition) is 1. The third kappa shape index (κ3) is 0.977. The summed E-state index contributed by atoms with van der Waals surface area (Å²) in [6.45, 7) is 2.10. The SMILES string of the molecule is [3H]C1CCNCC1. The van der Waals surface area contributed by atoms with Crippen LogP contribution in [-0.4, -0.2) is 13.1 Å². The van der Waals surface area contributed by atoms with Crippen LogP contribution >= 0.6 is 0 Å². The monoisotopic (exact) mass is 87.1 g/mol. The van der Waals surface area contributed by atoms with E-state index in [-0.39, 0.29) is 6.40 Å². The average Bonchev–Trinajstić information content (AvgIpc) is 1.69. The highest BCUT2D eigenvalue weighted by Gasteiger charge is 1.93. The Kier molecular flexibility index (Phi) is 1.10. The molecule has 0 amide bonds. The second-order valence-electron chi connectivity index (χ2n) is 1.62. The molecule has 0 spiro atoms. The smallest absolute Gasteiger partial charge is 0.0267 e. The number of piperidine rings is 1. The molecular formula is C5H11N. The number of hydrogen-bond donors (Lipinski definition) is 1. The van der Waals surface area contributed by atoms with Crippen LogP contribution in [0.15, 0.2) is 0 Å². The van der Waals surface area contributed by atoms with Gasteiger partial charge in [0, 0.05) is 1.37 Å². The van der Waals surface area contributed by atoms with Crippen molar-refractivity contribution in [2.75, 3.05) is 13.1 Å². The van der Waals surface area contributed by atoms with Gasteiger partial charge in [-0.15, -0.1) is 0 Å². The fourth-order valence-corrected chi connectivity index (χ4v) is 0.678. The Morgan fingerprint density at radius 3 is 2.33 bits per heavy atom. The maximum Gasteiger partial charge on any atom is 0.0267 e. The van der Waals surface area contributed by atoms with Crippen molar-refractivity contribution in [3.8, 4) is 0 Å². The minimum absolute atomic E-state index is 0.223. The molecule has 0 aromatic carbocycles. The minimum Gasteiger partial charge on any atom is -0.317 e. The van der Waals surface area contributed by atoms with Gasteiger partial charge < -0.3 is 5.32 Å². The van der Waals surface area contributed by atoms with Gasteiger partial charge in [-0.25, -0.2) is 0 Å². The first-order valence-electron chi connectivity index (χ1n) is 3.10. The van der Waals surface area contributed by atoms with Gasteiger partial charge in [0.15, 0.2) is 0 Å². The molecule has 6 heavy (non-hydrogen) atoms. The van der Waals surface area contributed by atoms with Crippen molar-refractivity contribution >= 4 is 0 Å². The molecule has 0 bridgehead atoms. The van der Waals surface area contributed by atoms with E-state index in [9.17, 15) is 0 Å². The maximum atomic E-state index is 7.23. The van der Waals surface area contributed by atoms with Gasteiger partial charge >= 0.3 is 0 Å². The molecule has 1 fully saturated rings. The summed E-state index contributed by atoms with van der Waals surface area (Å²) in [5.41, 5.74) is 0. The van der Waals surface area contributed by atoms with Crippen LogP contribution in [0.5, 0.6) is 0 Å². The Balaban J connectivity index is 2.12. The van der Waals surface area contributed by atoms with E-state index in [0.717, 1.165) is 25.9 Å². The molecule has 0 aromatic rings. The molecule has 1 aliphatic rings. The molecule has 1 heteroatoms. The standard InChI is InChI=1S/C5H11N/c1-2-4-6-5-3-1/h6H,1-5H2/i1T. The highest BCUT2D eigenvalue weighted by molar-refractivity contribution is 4.55. The van der Waals surface area contributed by atoms with Crippen molar-refractivity contribution < 1.29 is 1.37 Å². The summed E-state index contributed by atoms with van der Waals surface area (Å²) in [7, 11) is 0. The Hall–Kier alpha value is -0.0400.